The van der Waals surface area contributed by atoms with Crippen molar-refractivity contribution in [3.8, 4) is 0 Å². The van der Waals surface area contributed by atoms with E-state index in [4.69, 9.17) is 4.74 Å². The molecule has 0 aliphatic carbocycles. The predicted octanol–water partition coefficient (Wildman–Crippen LogP) is 4.80. The first-order chi connectivity index (χ1) is 16.4. The van der Waals surface area contributed by atoms with Crippen LogP contribution >= 0.6 is 15.9 Å². The lowest BCUT2D eigenvalue weighted by molar-refractivity contribution is -0.165. The van der Waals surface area contributed by atoms with Crippen LogP contribution in [0.25, 0.3) is 5.57 Å². The Morgan fingerprint density at radius 2 is 1.76 bits per heavy atom. The van der Waals surface area contributed by atoms with E-state index in [0.29, 0.717) is 28.8 Å². The Morgan fingerprint density at radius 1 is 1.03 bits per heavy atom. The lowest BCUT2D eigenvalue weighted by Gasteiger charge is -2.35. The second kappa shape index (κ2) is 8.57. The Morgan fingerprint density at radius 3 is 2.50 bits per heavy atom. The zero-order chi connectivity index (χ0) is 23.9. The number of benzene rings is 3. The fourth-order valence-corrected chi connectivity index (χ4v) is 5.01. The van der Waals surface area contributed by atoms with Crippen molar-refractivity contribution in [1.29, 1.82) is 0 Å². The summed E-state index contributed by atoms with van der Waals surface area (Å²) in [5.41, 5.74) is 1.61. The third-order valence-electron chi connectivity index (χ3n) is 6.18. The Hall–Kier alpha value is -3.71. The summed E-state index contributed by atoms with van der Waals surface area (Å²) < 4.78 is 6.74. The molecule has 0 fully saturated rings. The SMILES string of the molecule is CCN1C(=O)[C@@]2(CC(c3cccc(Br)c3)=C(NC(=O)c3ccccc3)C(=O)O2)c2ccccc21. The number of rotatable bonds is 4. The van der Waals surface area contributed by atoms with Gasteiger partial charge in [-0.05, 0) is 48.4 Å². The van der Waals surface area contributed by atoms with Crippen LogP contribution in [0.4, 0.5) is 5.69 Å². The highest BCUT2D eigenvalue weighted by Gasteiger charge is 2.57. The maximum atomic E-state index is 13.6. The van der Waals surface area contributed by atoms with Crippen molar-refractivity contribution in [1.82, 2.24) is 5.32 Å². The summed E-state index contributed by atoms with van der Waals surface area (Å²) >= 11 is 3.48. The molecule has 6 nitrogen and oxygen atoms in total. The molecule has 2 amide bonds. The summed E-state index contributed by atoms with van der Waals surface area (Å²) in [6.45, 7) is 2.33. The first kappa shape index (κ1) is 22.1. The fourth-order valence-electron chi connectivity index (χ4n) is 4.61. The number of carbonyl (C=O) groups excluding carboxylic acids is 3. The van der Waals surface area contributed by atoms with E-state index in [2.05, 4.69) is 21.2 Å². The Bertz CT molecular complexity index is 1350. The lowest BCUT2D eigenvalue weighted by atomic mass is 9.82. The summed E-state index contributed by atoms with van der Waals surface area (Å²) in [6.07, 6.45) is 0.103. The molecule has 0 saturated carbocycles. The third kappa shape index (κ3) is 3.53. The van der Waals surface area contributed by atoms with Crippen LogP contribution in [0.15, 0.2) is 89.0 Å². The molecule has 0 aromatic heterocycles. The van der Waals surface area contributed by atoms with Crippen molar-refractivity contribution in [2.24, 2.45) is 0 Å². The van der Waals surface area contributed by atoms with Gasteiger partial charge in [-0.25, -0.2) is 4.79 Å². The summed E-state index contributed by atoms with van der Waals surface area (Å²) in [4.78, 5) is 41.7. The van der Waals surface area contributed by atoms with Gasteiger partial charge in [0.1, 0.15) is 5.70 Å². The quantitative estimate of drug-likeness (QED) is 0.505. The molecule has 34 heavy (non-hydrogen) atoms. The molecule has 1 spiro atoms. The van der Waals surface area contributed by atoms with E-state index in [9.17, 15) is 14.4 Å². The van der Waals surface area contributed by atoms with E-state index >= 15 is 0 Å². The molecule has 2 aliphatic rings. The van der Waals surface area contributed by atoms with Gasteiger partial charge in [0.2, 0.25) is 5.60 Å². The van der Waals surface area contributed by atoms with E-state index in [1.54, 1.807) is 29.2 Å². The van der Waals surface area contributed by atoms with Crippen molar-refractivity contribution in [3.63, 3.8) is 0 Å². The summed E-state index contributed by atoms with van der Waals surface area (Å²) in [6, 6.07) is 23.4. The number of hydrogen-bond acceptors (Lipinski definition) is 4. The molecule has 0 radical (unpaired) electrons. The highest BCUT2D eigenvalue weighted by atomic mass is 79.9. The van der Waals surface area contributed by atoms with Crippen LogP contribution in [-0.2, 0) is 19.9 Å². The van der Waals surface area contributed by atoms with Crippen LogP contribution in [0.3, 0.4) is 0 Å². The maximum Gasteiger partial charge on any atom is 0.356 e. The van der Waals surface area contributed by atoms with Crippen LogP contribution in [0.1, 0.15) is 34.8 Å². The monoisotopic (exact) mass is 516 g/mol. The van der Waals surface area contributed by atoms with Crippen LogP contribution < -0.4 is 10.2 Å². The van der Waals surface area contributed by atoms with Gasteiger partial charge in [0.15, 0.2) is 0 Å². The average molecular weight is 517 g/mol. The highest BCUT2D eigenvalue weighted by molar-refractivity contribution is 9.10. The number of nitrogens with one attached hydrogen (secondary N) is 1. The van der Waals surface area contributed by atoms with Crippen molar-refractivity contribution in [2.45, 2.75) is 18.9 Å². The highest BCUT2D eigenvalue weighted by Crippen LogP contribution is 2.50. The Balaban J connectivity index is 1.66. The minimum absolute atomic E-state index is 0.0396. The van der Waals surface area contributed by atoms with Gasteiger partial charge in [-0.3, -0.25) is 9.59 Å². The molecular formula is C27H21BrN2O4. The number of esters is 1. The number of amides is 2. The van der Waals surface area contributed by atoms with E-state index < -0.39 is 17.5 Å². The number of nitrogens with zero attached hydrogens (tertiary/aromatic N) is 1. The van der Waals surface area contributed by atoms with Gasteiger partial charge in [0.05, 0.1) is 5.69 Å². The number of fused-ring (bicyclic) bond motifs is 2. The van der Waals surface area contributed by atoms with Gasteiger partial charge in [-0.2, -0.15) is 0 Å². The van der Waals surface area contributed by atoms with E-state index in [1.165, 1.54) is 0 Å². The number of anilines is 1. The smallest absolute Gasteiger partial charge is 0.356 e. The molecule has 0 unspecified atom stereocenters. The zero-order valence-corrected chi connectivity index (χ0v) is 20.0. The Kier molecular flexibility index (Phi) is 5.57. The molecule has 0 bridgehead atoms. The van der Waals surface area contributed by atoms with Crippen molar-refractivity contribution >= 4 is 45.0 Å². The van der Waals surface area contributed by atoms with Crippen molar-refractivity contribution in [3.05, 3.63) is 106 Å². The second-order valence-corrected chi connectivity index (χ2v) is 9.06. The first-order valence-corrected chi connectivity index (χ1v) is 11.7. The van der Waals surface area contributed by atoms with Gasteiger partial charge in [-0.1, -0.05) is 64.5 Å². The Labute approximate surface area is 205 Å². The van der Waals surface area contributed by atoms with E-state index in [0.717, 1.165) is 10.2 Å². The second-order valence-electron chi connectivity index (χ2n) is 8.14. The molecule has 2 aliphatic heterocycles. The largest absolute Gasteiger partial charge is 0.439 e. The van der Waals surface area contributed by atoms with Crippen LogP contribution in [-0.4, -0.2) is 24.3 Å². The van der Waals surface area contributed by atoms with Gasteiger partial charge in [0.25, 0.3) is 11.8 Å². The molecule has 5 rings (SSSR count). The van der Waals surface area contributed by atoms with E-state index in [1.807, 2.05) is 61.5 Å². The molecule has 3 aromatic carbocycles. The maximum absolute atomic E-state index is 13.6. The topological polar surface area (TPSA) is 75.7 Å². The van der Waals surface area contributed by atoms with Gasteiger partial charge in [0, 0.05) is 28.6 Å². The van der Waals surface area contributed by atoms with Gasteiger partial charge in [-0.15, -0.1) is 0 Å². The summed E-state index contributed by atoms with van der Waals surface area (Å²) in [5.74, 6) is -1.46. The standard InChI is InChI=1S/C27H21BrN2O4/c1-2-30-22-14-7-6-13-21(22)27(26(30)33)16-20(18-11-8-12-19(28)15-18)23(25(32)34-27)29-24(31)17-9-4-3-5-10-17/h3-15H,2,16H2,1H3,(H,29,31)/t27-/m1/s1. The number of hydrogen-bond donors (Lipinski definition) is 1. The minimum atomic E-state index is -1.48. The fraction of sp³-hybridized carbons (Fsp3) is 0.148. The van der Waals surface area contributed by atoms with Crippen molar-refractivity contribution < 1.29 is 19.1 Å². The minimum Gasteiger partial charge on any atom is -0.439 e. The number of para-hydroxylation sites is 1. The number of likely N-dealkylation sites (N-methyl/N-ethyl adjacent to an activating group) is 1. The molecule has 3 aromatic rings. The average Bonchev–Trinajstić information content (AvgIpc) is 3.08. The molecule has 7 heteroatoms. The third-order valence-corrected chi connectivity index (χ3v) is 6.68. The summed E-state index contributed by atoms with van der Waals surface area (Å²) in [7, 11) is 0. The van der Waals surface area contributed by atoms with Crippen LogP contribution in [0.2, 0.25) is 0 Å². The van der Waals surface area contributed by atoms with Crippen LogP contribution in [0, 0.1) is 0 Å². The lowest BCUT2D eigenvalue weighted by Crippen LogP contribution is -2.48. The molecule has 2 heterocycles. The number of ether oxygens (including phenoxy) is 1. The normalized spacial score (nSPS) is 19.3. The summed E-state index contributed by atoms with van der Waals surface area (Å²) in [5, 5.41) is 2.75. The molecule has 1 N–H and O–H groups in total. The van der Waals surface area contributed by atoms with Gasteiger partial charge < -0.3 is 15.0 Å². The zero-order valence-electron chi connectivity index (χ0n) is 18.4. The first-order valence-electron chi connectivity index (χ1n) is 10.9. The van der Waals surface area contributed by atoms with E-state index in [-0.39, 0.29) is 18.0 Å². The van der Waals surface area contributed by atoms with Crippen molar-refractivity contribution in [2.75, 3.05) is 11.4 Å². The molecule has 1 atom stereocenters. The molecule has 170 valence electrons. The van der Waals surface area contributed by atoms with Gasteiger partial charge >= 0.3 is 5.97 Å². The number of halogens is 1. The van der Waals surface area contributed by atoms with Crippen LogP contribution in [0.5, 0.6) is 0 Å². The predicted molar refractivity (Wildman–Crippen MR) is 132 cm³/mol. The molecular weight excluding hydrogens is 496 g/mol. The molecule has 0 saturated heterocycles. The number of carbonyl (C=O) groups is 3.